The van der Waals surface area contributed by atoms with Gasteiger partial charge in [0, 0.05) is 0 Å². The van der Waals surface area contributed by atoms with Crippen molar-refractivity contribution in [3.05, 3.63) is 10.5 Å². The summed E-state index contributed by atoms with van der Waals surface area (Å²) >= 11 is 1.15. The van der Waals surface area contributed by atoms with Crippen molar-refractivity contribution in [1.29, 1.82) is 0 Å². The Bertz CT molecular complexity index is 268. The topological polar surface area (TPSA) is 59.9 Å². The maximum Gasteiger partial charge on any atom is 0.200 e. The van der Waals surface area contributed by atoms with Gasteiger partial charge in [-0.25, -0.2) is 0 Å². The third kappa shape index (κ3) is 2.19. The SMILES string of the molecule is CC(=O)CC(=O)c1nncs1. The lowest BCUT2D eigenvalue weighted by Crippen LogP contribution is -2.04. The molecule has 0 unspecified atom stereocenters. The Hall–Kier alpha value is -1.10. The van der Waals surface area contributed by atoms with Crippen LogP contribution in [0.4, 0.5) is 0 Å². The van der Waals surface area contributed by atoms with E-state index in [1.807, 2.05) is 0 Å². The van der Waals surface area contributed by atoms with Crippen LogP contribution in [0.15, 0.2) is 5.51 Å². The molecule has 0 aliphatic heterocycles. The normalized spacial score (nSPS) is 9.55. The first kappa shape index (κ1) is 8.00. The highest BCUT2D eigenvalue weighted by Crippen LogP contribution is 2.04. The van der Waals surface area contributed by atoms with E-state index in [2.05, 4.69) is 10.2 Å². The number of carbonyl (C=O) groups is 2. The van der Waals surface area contributed by atoms with E-state index in [4.69, 9.17) is 0 Å². The highest BCUT2D eigenvalue weighted by Gasteiger charge is 2.10. The standard InChI is InChI=1S/C6H6N2O2S/c1-4(9)2-5(10)6-8-7-3-11-6/h3H,2H2,1H3. The van der Waals surface area contributed by atoms with Crippen molar-refractivity contribution in [2.75, 3.05) is 0 Å². The van der Waals surface area contributed by atoms with E-state index in [-0.39, 0.29) is 18.0 Å². The van der Waals surface area contributed by atoms with E-state index in [1.165, 1.54) is 12.4 Å². The monoisotopic (exact) mass is 170 g/mol. The van der Waals surface area contributed by atoms with Crippen LogP contribution < -0.4 is 0 Å². The van der Waals surface area contributed by atoms with Gasteiger partial charge >= 0.3 is 0 Å². The molecule has 0 aliphatic carbocycles. The van der Waals surface area contributed by atoms with Gasteiger partial charge in [-0.15, -0.1) is 10.2 Å². The Labute approximate surface area is 67.3 Å². The summed E-state index contributed by atoms with van der Waals surface area (Å²) in [6.45, 7) is 1.37. The van der Waals surface area contributed by atoms with Crippen LogP contribution in [0.3, 0.4) is 0 Å². The van der Waals surface area contributed by atoms with Crippen LogP contribution in [0.1, 0.15) is 23.1 Å². The van der Waals surface area contributed by atoms with Gasteiger partial charge in [0.05, 0.1) is 6.42 Å². The molecule has 0 saturated carbocycles. The van der Waals surface area contributed by atoms with Crippen molar-refractivity contribution < 1.29 is 9.59 Å². The summed E-state index contributed by atoms with van der Waals surface area (Å²) in [4.78, 5) is 21.5. The Morgan fingerprint density at radius 2 is 2.36 bits per heavy atom. The Morgan fingerprint density at radius 1 is 1.64 bits per heavy atom. The van der Waals surface area contributed by atoms with Crippen LogP contribution >= 0.6 is 11.3 Å². The molecule has 0 N–H and O–H groups in total. The highest BCUT2D eigenvalue weighted by molar-refractivity contribution is 7.11. The minimum Gasteiger partial charge on any atom is -0.300 e. The number of rotatable bonds is 3. The van der Waals surface area contributed by atoms with E-state index in [0.717, 1.165) is 11.3 Å². The van der Waals surface area contributed by atoms with Crippen molar-refractivity contribution in [2.24, 2.45) is 0 Å². The molecule has 4 nitrogen and oxygen atoms in total. The molecule has 0 bridgehead atoms. The summed E-state index contributed by atoms with van der Waals surface area (Å²) in [6, 6.07) is 0. The molecule has 0 saturated heterocycles. The highest BCUT2D eigenvalue weighted by atomic mass is 32.1. The van der Waals surface area contributed by atoms with Gasteiger partial charge in [-0.05, 0) is 6.92 Å². The lowest BCUT2D eigenvalue weighted by atomic mass is 10.2. The average Bonchev–Trinajstić information content (AvgIpc) is 2.35. The van der Waals surface area contributed by atoms with Crippen LogP contribution in [0, 0.1) is 0 Å². The molecular weight excluding hydrogens is 164 g/mol. The van der Waals surface area contributed by atoms with E-state index in [1.54, 1.807) is 0 Å². The second-order valence-corrected chi connectivity index (χ2v) is 2.88. The number of ketones is 2. The van der Waals surface area contributed by atoms with Gasteiger partial charge in [-0.2, -0.15) is 0 Å². The number of carbonyl (C=O) groups excluding carboxylic acids is 2. The summed E-state index contributed by atoms with van der Waals surface area (Å²) in [6.07, 6.45) is -0.0742. The second kappa shape index (κ2) is 3.34. The van der Waals surface area contributed by atoms with Gasteiger partial charge in [-0.3, -0.25) is 9.59 Å². The fraction of sp³-hybridized carbons (Fsp3) is 0.333. The number of nitrogens with zero attached hydrogens (tertiary/aromatic N) is 2. The maximum atomic E-state index is 11.0. The van der Waals surface area contributed by atoms with Crippen molar-refractivity contribution >= 4 is 22.9 Å². The van der Waals surface area contributed by atoms with Gasteiger partial charge in [0.1, 0.15) is 11.3 Å². The first-order valence-corrected chi connectivity index (χ1v) is 3.87. The Morgan fingerprint density at radius 3 is 2.82 bits per heavy atom. The van der Waals surface area contributed by atoms with Gasteiger partial charge in [0.2, 0.25) is 5.78 Å². The number of hydrogen-bond acceptors (Lipinski definition) is 5. The van der Waals surface area contributed by atoms with Crippen LogP contribution in [-0.4, -0.2) is 21.8 Å². The number of aromatic nitrogens is 2. The van der Waals surface area contributed by atoms with E-state index in [0.29, 0.717) is 5.01 Å². The Balaban J connectivity index is 2.64. The molecule has 0 spiro atoms. The van der Waals surface area contributed by atoms with E-state index < -0.39 is 0 Å². The molecule has 0 radical (unpaired) electrons. The zero-order chi connectivity index (χ0) is 8.27. The molecule has 0 aromatic carbocycles. The molecule has 5 heteroatoms. The summed E-state index contributed by atoms with van der Waals surface area (Å²) in [5.74, 6) is -0.398. The molecule has 0 aliphatic rings. The fourth-order valence-electron chi connectivity index (χ4n) is 0.596. The van der Waals surface area contributed by atoms with Crippen molar-refractivity contribution in [3.63, 3.8) is 0 Å². The first-order chi connectivity index (χ1) is 5.20. The zero-order valence-electron chi connectivity index (χ0n) is 5.90. The number of Topliss-reactive ketones (excluding diaryl/α,β-unsaturated/α-hetero) is 2. The van der Waals surface area contributed by atoms with E-state index >= 15 is 0 Å². The minimum atomic E-state index is -0.250. The quantitative estimate of drug-likeness (QED) is 0.495. The second-order valence-electron chi connectivity index (χ2n) is 2.05. The molecule has 1 aromatic rings. The van der Waals surface area contributed by atoms with Crippen LogP contribution in [-0.2, 0) is 4.79 Å². The fourth-order valence-corrected chi connectivity index (χ4v) is 1.09. The molecular formula is C6H6N2O2S. The third-order valence-corrected chi connectivity index (χ3v) is 1.74. The van der Waals surface area contributed by atoms with Crippen LogP contribution in [0.25, 0.3) is 0 Å². The molecule has 0 fully saturated rings. The summed E-state index contributed by atoms with van der Waals surface area (Å²) in [7, 11) is 0. The molecule has 1 heterocycles. The Kier molecular flexibility index (Phi) is 2.43. The predicted molar refractivity (Wildman–Crippen MR) is 39.5 cm³/mol. The van der Waals surface area contributed by atoms with Crippen LogP contribution in [0.2, 0.25) is 0 Å². The molecule has 0 amide bonds. The summed E-state index contributed by atoms with van der Waals surface area (Å²) < 4.78 is 0. The summed E-state index contributed by atoms with van der Waals surface area (Å²) in [5.41, 5.74) is 1.47. The lowest BCUT2D eigenvalue weighted by molar-refractivity contribution is -0.116. The van der Waals surface area contributed by atoms with Crippen molar-refractivity contribution in [3.8, 4) is 0 Å². The average molecular weight is 170 g/mol. The smallest absolute Gasteiger partial charge is 0.200 e. The van der Waals surface area contributed by atoms with Gasteiger partial charge in [-0.1, -0.05) is 11.3 Å². The third-order valence-electron chi connectivity index (χ3n) is 1.01. The zero-order valence-corrected chi connectivity index (χ0v) is 6.72. The molecule has 1 rings (SSSR count). The first-order valence-electron chi connectivity index (χ1n) is 2.99. The van der Waals surface area contributed by atoms with Crippen molar-refractivity contribution in [2.45, 2.75) is 13.3 Å². The molecule has 0 atom stereocenters. The molecule has 11 heavy (non-hydrogen) atoms. The predicted octanol–water partition coefficient (Wildman–Crippen LogP) is 0.700. The van der Waals surface area contributed by atoms with Crippen molar-refractivity contribution in [1.82, 2.24) is 10.2 Å². The van der Waals surface area contributed by atoms with Gasteiger partial charge in [0.25, 0.3) is 0 Å². The van der Waals surface area contributed by atoms with Crippen LogP contribution in [0.5, 0.6) is 0 Å². The largest absolute Gasteiger partial charge is 0.300 e. The molecule has 1 aromatic heterocycles. The van der Waals surface area contributed by atoms with Gasteiger partial charge < -0.3 is 0 Å². The minimum absolute atomic E-state index is 0.0742. The van der Waals surface area contributed by atoms with Gasteiger partial charge in [0.15, 0.2) is 5.01 Å². The maximum absolute atomic E-state index is 11.0. The summed E-state index contributed by atoms with van der Waals surface area (Å²) in [5, 5.41) is 7.33. The number of hydrogen-bond donors (Lipinski definition) is 0. The van der Waals surface area contributed by atoms with E-state index in [9.17, 15) is 9.59 Å². The lowest BCUT2D eigenvalue weighted by Gasteiger charge is -1.88. The molecule has 58 valence electrons.